The number of hydrogen-bond donors (Lipinski definition) is 1. The van der Waals surface area contributed by atoms with Crippen LogP contribution in [0.5, 0.6) is 0 Å². The molecular formula is C18H31N3O2. The van der Waals surface area contributed by atoms with Crippen molar-refractivity contribution in [3.05, 3.63) is 11.6 Å². The van der Waals surface area contributed by atoms with Gasteiger partial charge >= 0.3 is 0 Å². The number of morpholine rings is 1. The molecule has 5 heteroatoms. The van der Waals surface area contributed by atoms with Crippen LogP contribution in [0.3, 0.4) is 0 Å². The number of carbonyl (C=O) groups is 1. The molecule has 1 N–H and O–H groups in total. The highest BCUT2D eigenvalue weighted by atomic mass is 16.5. The SMILES string of the molecule is O=C(N[C@H]1CCN(CCN2CCOCC2)C1)C1=CCCCCC1. The molecule has 2 heterocycles. The van der Waals surface area contributed by atoms with Crippen molar-refractivity contribution in [2.75, 3.05) is 52.5 Å². The number of nitrogens with one attached hydrogen (secondary N) is 1. The van der Waals surface area contributed by atoms with Crippen LogP contribution in [-0.4, -0.2) is 74.2 Å². The summed E-state index contributed by atoms with van der Waals surface area (Å²) in [6.07, 6.45) is 8.92. The lowest BCUT2D eigenvalue weighted by molar-refractivity contribution is -0.118. The first kappa shape index (κ1) is 16.9. The van der Waals surface area contributed by atoms with Gasteiger partial charge in [-0.2, -0.15) is 0 Å². The quantitative estimate of drug-likeness (QED) is 0.831. The molecule has 3 aliphatic rings. The average Bonchev–Trinajstić information content (AvgIpc) is 2.84. The Bertz CT molecular complexity index is 418. The number of hydrogen-bond acceptors (Lipinski definition) is 4. The van der Waals surface area contributed by atoms with E-state index in [1.165, 1.54) is 12.8 Å². The van der Waals surface area contributed by atoms with E-state index >= 15 is 0 Å². The van der Waals surface area contributed by atoms with Crippen molar-refractivity contribution in [1.82, 2.24) is 15.1 Å². The van der Waals surface area contributed by atoms with Gasteiger partial charge in [0.1, 0.15) is 0 Å². The minimum Gasteiger partial charge on any atom is -0.379 e. The van der Waals surface area contributed by atoms with E-state index < -0.39 is 0 Å². The smallest absolute Gasteiger partial charge is 0.247 e. The van der Waals surface area contributed by atoms with Gasteiger partial charge in [-0.15, -0.1) is 0 Å². The van der Waals surface area contributed by atoms with E-state index in [9.17, 15) is 4.79 Å². The summed E-state index contributed by atoms with van der Waals surface area (Å²) in [5.74, 6) is 0.187. The molecule has 0 saturated carbocycles. The summed E-state index contributed by atoms with van der Waals surface area (Å²) in [5.41, 5.74) is 1.02. The van der Waals surface area contributed by atoms with Crippen LogP contribution in [0.25, 0.3) is 0 Å². The van der Waals surface area contributed by atoms with Crippen LogP contribution in [-0.2, 0) is 9.53 Å². The van der Waals surface area contributed by atoms with E-state index in [0.717, 1.165) is 83.7 Å². The molecule has 0 bridgehead atoms. The van der Waals surface area contributed by atoms with Gasteiger partial charge in [0.2, 0.25) is 5.91 Å². The number of amides is 1. The maximum absolute atomic E-state index is 12.4. The topological polar surface area (TPSA) is 44.8 Å². The predicted octanol–water partition coefficient (Wildman–Crippen LogP) is 1.40. The molecule has 0 unspecified atom stereocenters. The third-order valence-corrected chi connectivity index (χ3v) is 5.28. The van der Waals surface area contributed by atoms with E-state index in [4.69, 9.17) is 4.74 Å². The third-order valence-electron chi connectivity index (χ3n) is 5.28. The van der Waals surface area contributed by atoms with Crippen LogP contribution in [0, 0.1) is 0 Å². The summed E-state index contributed by atoms with van der Waals surface area (Å²) < 4.78 is 5.39. The van der Waals surface area contributed by atoms with Crippen molar-refractivity contribution in [2.24, 2.45) is 0 Å². The van der Waals surface area contributed by atoms with Crippen molar-refractivity contribution in [3.8, 4) is 0 Å². The van der Waals surface area contributed by atoms with Gasteiger partial charge in [0.25, 0.3) is 0 Å². The normalized spacial score (nSPS) is 27.5. The standard InChI is InChI=1S/C18H31N3O2/c22-18(16-5-3-1-2-4-6-16)19-17-7-8-21(15-17)10-9-20-11-13-23-14-12-20/h5,17H,1-4,6-15H2,(H,19,22)/t17-/m0/s1. The number of likely N-dealkylation sites (tertiary alicyclic amines) is 1. The van der Waals surface area contributed by atoms with Crippen LogP contribution in [0.2, 0.25) is 0 Å². The molecule has 3 rings (SSSR count). The number of carbonyl (C=O) groups excluding carboxylic acids is 1. The molecule has 23 heavy (non-hydrogen) atoms. The van der Waals surface area contributed by atoms with Gasteiger partial charge in [-0.3, -0.25) is 14.6 Å². The monoisotopic (exact) mass is 321 g/mol. The number of allylic oxidation sites excluding steroid dienone is 1. The second-order valence-electron chi connectivity index (χ2n) is 7.04. The second kappa shape index (κ2) is 8.81. The summed E-state index contributed by atoms with van der Waals surface area (Å²) in [4.78, 5) is 17.4. The first-order chi connectivity index (χ1) is 11.3. The Morgan fingerprint density at radius 2 is 1.96 bits per heavy atom. The molecule has 1 aliphatic carbocycles. The number of ether oxygens (including phenoxy) is 1. The van der Waals surface area contributed by atoms with Crippen molar-refractivity contribution in [1.29, 1.82) is 0 Å². The van der Waals surface area contributed by atoms with Gasteiger partial charge in [0.05, 0.1) is 13.2 Å². The maximum Gasteiger partial charge on any atom is 0.247 e. The highest BCUT2D eigenvalue weighted by Crippen LogP contribution is 2.18. The molecule has 0 aromatic rings. The molecule has 130 valence electrons. The van der Waals surface area contributed by atoms with Gasteiger partial charge in [-0.25, -0.2) is 0 Å². The summed E-state index contributed by atoms with van der Waals surface area (Å²) in [5, 5.41) is 3.26. The van der Waals surface area contributed by atoms with Gasteiger partial charge in [-0.1, -0.05) is 12.5 Å². The molecule has 0 aromatic heterocycles. The minimum absolute atomic E-state index is 0.187. The minimum atomic E-state index is 0.187. The van der Waals surface area contributed by atoms with E-state index in [-0.39, 0.29) is 5.91 Å². The van der Waals surface area contributed by atoms with Crippen LogP contribution < -0.4 is 5.32 Å². The Hall–Kier alpha value is -0.910. The molecule has 5 nitrogen and oxygen atoms in total. The molecule has 0 spiro atoms. The van der Waals surface area contributed by atoms with E-state index in [1.807, 2.05) is 0 Å². The predicted molar refractivity (Wildman–Crippen MR) is 91.4 cm³/mol. The van der Waals surface area contributed by atoms with E-state index in [2.05, 4.69) is 21.2 Å². The van der Waals surface area contributed by atoms with Gasteiger partial charge in [-0.05, 0) is 32.1 Å². The van der Waals surface area contributed by atoms with Gasteiger partial charge in [0.15, 0.2) is 0 Å². The number of rotatable bonds is 5. The zero-order chi connectivity index (χ0) is 15.9. The largest absolute Gasteiger partial charge is 0.379 e. The summed E-state index contributed by atoms with van der Waals surface area (Å²) in [7, 11) is 0. The number of nitrogens with zero attached hydrogens (tertiary/aromatic N) is 2. The summed E-state index contributed by atoms with van der Waals surface area (Å²) in [6, 6.07) is 0.330. The van der Waals surface area contributed by atoms with Crippen molar-refractivity contribution in [3.63, 3.8) is 0 Å². The molecule has 2 saturated heterocycles. The van der Waals surface area contributed by atoms with E-state index in [0.29, 0.717) is 6.04 Å². The van der Waals surface area contributed by atoms with Crippen LogP contribution >= 0.6 is 0 Å². The van der Waals surface area contributed by atoms with Crippen LogP contribution in [0.4, 0.5) is 0 Å². The zero-order valence-corrected chi connectivity index (χ0v) is 14.3. The lowest BCUT2D eigenvalue weighted by Crippen LogP contribution is -2.42. The molecule has 0 aromatic carbocycles. The Labute approximate surface area is 140 Å². The molecular weight excluding hydrogens is 290 g/mol. The van der Waals surface area contributed by atoms with Crippen molar-refractivity contribution >= 4 is 5.91 Å². The highest BCUT2D eigenvalue weighted by Gasteiger charge is 2.25. The zero-order valence-electron chi connectivity index (χ0n) is 14.3. The first-order valence-corrected chi connectivity index (χ1v) is 9.33. The molecule has 1 amide bonds. The van der Waals surface area contributed by atoms with Crippen molar-refractivity contribution < 1.29 is 9.53 Å². The first-order valence-electron chi connectivity index (χ1n) is 9.33. The molecule has 2 fully saturated rings. The van der Waals surface area contributed by atoms with Gasteiger partial charge in [0, 0.05) is 50.9 Å². The highest BCUT2D eigenvalue weighted by molar-refractivity contribution is 5.93. The summed E-state index contributed by atoms with van der Waals surface area (Å²) in [6.45, 7) is 8.19. The maximum atomic E-state index is 12.4. The van der Waals surface area contributed by atoms with Crippen molar-refractivity contribution in [2.45, 2.75) is 44.6 Å². The van der Waals surface area contributed by atoms with Crippen LogP contribution in [0.15, 0.2) is 11.6 Å². The fraction of sp³-hybridized carbons (Fsp3) is 0.833. The Kier molecular flexibility index (Phi) is 6.48. The average molecular weight is 321 g/mol. The van der Waals surface area contributed by atoms with E-state index in [1.54, 1.807) is 0 Å². The van der Waals surface area contributed by atoms with Gasteiger partial charge < -0.3 is 10.1 Å². The lowest BCUT2D eigenvalue weighted by atomic mass is 10.1. The fourth-order valence-corrected chi connectivity index (χ4v) is 3.76. The lowest BCUT2D eigenvalue weighted by Gasteiger charge is -2.28. The molecule has 2 aliphatic heterocycles. The molecule has 0 radical (unpaired) electrons. The molecule has 1 atom stereocenters. The Balaban J connectivity index is 1.37. The Morgan fingerprint density at radius 1 is 1.13 bits per heavy atom. The Morgan fingerprint density at radius 3 is 2.83 bits per heavy atom. The van der Waals surface area contributed by atoms with Crippen LogP contribution in [0.1, 0.15) is 38.5 Å². The fourth-order valence-electron chi connectivity index (χ4n) is 3.76. The third kappa shape index (κ3) is 5.30. The summed E-state index contributed by atoms with van der Waals surface area (Å²) >= 11 is 0. The second-order valence-corrected chi connectivity index (χ2v) is 7.04.